The lowest BCUT2D eigenvalue weighted by Gasteiger charge is -2.50. The summed E-state index contributed by atoms with van der Waals surface area (Å²) in [5, 5.41) is 10.2. The van der Waals surface area contributed by atoms with E-state index in [0.29, 0.717) is 23.5 Å². The molecule has 0 radical (unpaired) electrons. The van der Waals surface area contributed by atoms with Gasteiger partial charge in [0, 0.05) is 24.8 Å². The molecule has 5 heteroatoms. The van der Waals surface area contributed by atoms with Gasteiger partial charge in [-0.2, -0.15) is 0 Å². The number of esters is 2. The second kappa shape index (κ2) is 6.54. The van der Waals surface area contributed by atoms with Gasteiger partial charge in [-0.3, -0.25) is 9.59 Å². The number of rotatable bonds is 2. The average molecular weight is 372 g/mol. The van der Waals surface area contributed by atoms with Gasteiger partial charge in [-0.1, -0.05) is 13.0 Å². The summed E-state index contributed by atoms with van der Waals surface area (Å²) in [6.07, 6.45) is 5.96. The maximum absolute atomic E-state index is 11.5. The van der Waals surface area contributed by atoms with Crippen molar-refractivity contribution in [1.82, 2.24) is 0 Å². The Morgan fingerprint density at radius 1 is 1.11 bits per heavy atom. The summed E-state index contributed by atoms with van der Waals surface area (Å²) in [5.74, 6) is 1.30. The summed E-state index contributed by atoms with van der Waals surface area (Å²) in [6, 6.07) is 3.67. The molecule has 1 aromatic carbocycles. The minimum absolute atomic E-state index is 0.0266. The van der Waals surface area contributed by atoms with Crippen LogP contribution in [0.1, 0.15) is 69.9 Å². The number of phenolic OH excluding ortho intramolecular Hbond substituents is 1. The summed E-state index contributed by atoms with van der Waals surface area (Å²) in [6.45, 7) is 5.16. The highest BCUT2D eigenvalue weighted by molar-refractivity contribution is 5.71. The van der Waals surface area contributed by atoms with Gasteiger partial charge in [-0.25, -0.2) is 0 Å². The highest BCUT2D eigenvalue weighted by Gasteiger charge is 2.56. The molecule has 146 valence electrons. The Kier molecular flexibility index (Phi) is 4.44. The number of phenols is 1. The van der Waals surface area contributed by atoms with Gasteiger partial charge < -0.3 is 14.6 Å². The Labute approximate surface area is 160 Å². The number of benzene rings is 1. The van der Waals surface area contributed by atoms with Gasteiger partial charge in [0.2, 0.25) is 0 Å². The third-order valence-electron chi connectivity index (χ3n) is 7.31. The van der Waals surface area contributed by atoms with E-state index < -0.39 is 5.97 Å². The summed E-state index contributed by atoms with van der Waals surface area (Å²) < 4.78 is 11.0. The Morgan fingerprint density at radius 2 is 1.89 bits per heavy atom. The molecule has 4 rings (SSSR count). The maximum atomic E-state index is 11.5. The first-order chi connectivity index (χ1) is 12.8. The van der Waals surface area contributed by atoms with Crippen LogP contribution < -0.4 is 4.74 Å². The third-order valence-corrected chi connectivity index (χ3v) is 7.31. The lowest BCUT2D eigenvalue weighted by molar-refractivity contribution is -0.154. The molecule has 0 unspecified atom stereocenters. The van der Waals surface area contributed by atoms with Crippen LogP contribution in [0, 0.1) is 17.3 Å². The van der Waals surface area contributed by atoms with Crippen molar-refractivity contribution in [2.45, 2.75) is 71.3 Å². The number of hydrogen-bond acceptors (Lipinski definition) is 5. The molecule has 0 heterocycles. The fourth-order valence-electron chi connectivity index (χ4n) is 6.23. The predicted octanol–water partition coefficient (Wildman–Crippen LogP) is 4.11. The fraction of sp³-hybridized carbons (Fsp3) is 0.636. The molecule has 0 saturated heterocycles. The van der Waals surface area contributed by atoms with E-state index in [9.17, 15) is 14.7 Å². The second-order valence-electron chi connectivity index (χ2n) is 8.71. The molecule has 0 amide bonds. The maximum Gasteiger partial charge on any atom is 0.308 e. The van der Waals surface area contributed by atoms with E-state index in [4.69, 9.17) is 9.47 Å². The summed E-state index contributed by atoms with van der Waals surface area (Å²) >= 11 is 0. The molecule has 27 heavy (non-hydrogen) atoms. The molecule has 1 N–H and O–H groups in total. The molecule has 5 atom stereocenters. The first-order valence-electron chi connectivity index (χ1n) is 10.0. The molecular weight excluding hydrogens is 344 g/mol. The lowest BCUT2D eigenvalue weighted by atomic mass is 9.55. The van der Waals surface area contributed by atoms with Gasteiger partial charge in [0.05, 0.1) is 0 Å². The van der Waals surface area contributed by atoms with Crippen molar-refractivity contribution in [1.29, 1.82) is 0 Å². The Bertz CT molecular complexity index is 785. The molecule has 5 nitrogen and oxygen atoms in total. The zero-order valence-corrected chi connectivity index (χ0v) is 16.3. The Morgan fingerprint density at radius 3 is 2.59 bits per heavy atom. The smallest absolute Gasteiger partial charge is 0.308 e. The molecule has 2 saturated carbocycles. The molecule has 3 aliphatic carbocycles. The van der Waals surface area contributed by atoms with E-state index in [2.05, 4.69) is 6.92 Å². The van der Waals surface area contributed by atoms with Crippen LogP contribution in [0.15, 0.2) is 12.1 Å². The molecular formula is C22H28O5. The number of aromatic hydroxyl groups is 1. The molecule has 0 aliphatic heterocycles. The van der Waals surface area contributed by atoms with Crippen molar-refractivity contribution < 1.29 is 24.2 Å². The molecule has 0 bridgehead atoms. The monoisotopic (exact) mass is 372 g/mol. The highest BCUT2D eigenvalue weighted by atomic mass is 16.5. The molecule has 3 aliphatic rings. The predicted molar refractivity (Wildman–Crippen MR) is 99.6 cm³/mol. The number of carbonyl (C=O) groups excluding carboxylic acids is 2. The second-order valence-corrected chi connectivity index (χ2v) is 8.71. The fourth-order valence-corrected chi connectivity index (χ4v) is 6.23. The van der Waals surface area contributed by atoms with Gasteiger partial charge in [0.1, 0.15) is 6.10 Å². The van der Waals surface area contributed by atoms with E-state index in [-0.39, 0.29) is 23.2 Å². The first kappa shape index (κ1) is 18.3. The molecule has 1 aromatic rings. The number of ether oxygens (including phenoxy) is 2. The van der Waals surface area contributed by atoms with Gasteiger partial charge >= 0.3 is 11.9 Å². The average Bonchev–Trinajstić information content (AvgIpc) is 2.93. The standard InChI is InChI=1S/C22H28O5/c1-12(23)26-20-9-7-18-16-4-5-17-14(15(16)10-11-22(18,20)3)6-8-19(25)21(17)27-13(2)24/h6,8,15-16,18,20,25H,4-5,7,9-11H2,1-3H3/t15-,16-,18+,20+,22+/m1/s1. The van der Waals surface area contributed by atoms with E-state index in [0.717, 1.165) is 44.1 Å². The van der Waals surface area contributed by atoms with Crippen molar-refractivity contribution >= 4 is 11.9 Å². The van der Waals surface area contributed by atoms with Gasteiger partial charge in [0.15, 0.2) is 11.5 Å². The van der Waals surface area contributed by atoms with Crippen molar-refractivity contribution in [3.05, 3.63) is 23.3 Å². The van der Waals surface area contributed by atoms with E-state index in [1.165, 1.54) is 19.4 Å². The van der Waals surface area contributed by atoms with Crippen molar-refractivity contribution in [3.8, 4) is 11.5 Å². The minimum atomic E-state index is -0.406. The van der Waals surface area contributed by atoms with Crippen LogP contribution in [0.3, 0.4) is 0 Å². The van der Waals surface area contributed by atoms with Crippen LogP contribution in [-0.2, 0) is 20.7 Å². The van der Waals surface area contributed by atoms with Crippen LogP contribution in [-0.4, -0.2) is 23.1 Å². The quantitative estimate of drug-likeness (QED) is 0.625. The van der Waals surface area contributed by atoms with Crippen LogP contribution in [0.4, 0.5) is 0 Å². The van der Waals surface area contributed by atoms with Gasteiger partial charge in [0.25, 0.3) is 0 Å². The highest BCUT2D eigenvalue weighted by Crippen LogP contribution is 2.62. The first-order valence-corrected chi connectivity index (χ1v) is 10.0. The zero-order valence-electron chi connectivity index (χ0n) is 16.3. The van der Waals surface area contributed by atoms with Crippen LogP contribution in [0.25, 0.3) is 0 Å². The van der Waals surface area contributed by atoms with Gasteiger partial charge in [-0.15, -0.1) is 0 Å². The topological polar surface area (TPSA) is 72.8 Å². The van der Waals surface area contributed by atoms with Gasteiger partial charge in [-0.05, 0) is 67.9 Å². The van der Waals surface area contributed by atoms with Crippen molar-refractivity contribution in [2.75, 3.05) is 0 Å². The van der Waals surface area contributed by atoms with Crippen LogP contribution in [0.2, 0.25) is 0 Å². The molecule has 0 aromatic heterocycles. The Balaban J connectivity index is 1.65. The Hall–Kier alpha value is -2.04. The number of hydrogen-bond donors (Lipinski definition) is 1. The van der Waals surface area contributed by atoms with E-state index in [1.54, 1.807) is 6.07 Å². The summed E-state index contributed by atoms with van der Waals surface area (Å²) in [7, 11) is 0. The molecule has 0 spiro atoms. The third kappa shape index (κ3) is 2.91. The van der Waals surface area contributed by atoms with E-state index >= 15 is 0 Å². The van der Waals surface area contributed by atoms with Crippen LogP contribution in [0.5, 0.6) is 11.5 Å². The van der Waals surface area contributed by atoms with Crippen molar-refractivity contribution in [2.24, 2.45) is 17.3 Å². The minimum Gasteiger partial charge on any atom is -0.504 e. The summed E-state index contributed by atoms with van der Waals surface area (Å²) in [4.78, 5) is 23.0. The zero-order chi connectivity index (χ0) is 19.3. The lowest BCUT2D eigenvalue weighted by Crippen LogP contribution is -2.45. The number of carbonyl (C=O) groups is 2. The summed E-state index contributed by atoms with van der Waals surface area (Å²) in [5.41, 5.74) is 2.27. The largest absolute Gasteiger partial charge is 0.504 e. The normalized spacial score (nSPS) is 34.2. The van der Waals surface area contributed by atoms with Crippen molar-refractivity contribution in [3.63, 3.8) is 0 Å². The van der Waals surface area contributed by atoms with Crippen LogP contribution >= 0.6 is 0 Å². The number of fused-ring (bicyclic) bond motifs is 5. The van der Waals surface area contributed by atoms with E-state index in [1.807, 2.05) is 6.07 Å². The SMILES string of the molecule is CC(=O)Oc1c(O)ccc2c1CC[C@@H]1[C@@H]2CC[C@]2(C)[C@@H](OC(C)=O)CC[C@@H]12. The molecule has 2 fully saturated rings.